The fraction of sp³-hybridized carbons (Fsp3) is 0.263. The van der Waals surface area contributed by atoms with E-state index >= 15 is 0 Å². The summed E-state index contributed by atoms with van der Waals surface area (Å²) >= 11 is 0. The maximum Gasteiger partial charge on any atom is 0.319 e. The van der Waals surface area contributed by atoms with Gasteiger partial charge in [-0.2, -0.15) is 0 Å². The van der Waals surface area contributed by atoms with Gasteiger partial charge in [0.05, 0.1) is 6.54 Å². The molecule has 0 atom stereocenters. The molecular weight excluding hydrogens is 302 g/mol. The van der Waals surface area contributed by atoms with Crippen molar-refractivity contribution in [1.82, 2.24) is 5.32 Å². The molecule has 5 heteroatoms. The summed E-state index contributed by atoms with van der Waals surface area (Å²) in [5.41, 5.74) is 4.99. The van der Waals surface area contributed by atoms with Crippen molar-refractivity contribution in [3.63, 3.8) is 0 Å². The van der Waals surface area contributed by atoms with E-state index in [0.717, 1.165) is 28.9 Å². The molecule has 0 unspecified atom stereocenters. The third-order valence-electron chi connectivity index (χ3n) is 4.22. The molecule has 24 heavy (non-hydrogen) atoms. The van der Waals surface area contributed by atoms with E-state index in [1.165, 1.54) is 5.56 Å². The van der Waals surface area contributed by atoms with Crippen LogP contribution in [0.15, 0.2) is 42.5 Å². The van der Waals surface area contributed by atoms with Crippen LogP contribution >= 0.6 is 0 Å². The van der Waals surface area contributed by atoms with Gasteiger partial charge in [0.15, 0.2) is 0 Å². The number of amides is 3. The molecule has 0 saturated heterocycles. The van der Waals surface area contributed by atoms with Gasteiger partial charge in [0, 0.05) is 17.9 Å². The van der Waals surface area contributed by atoms with E-state index in [0.29, 0.717) is 6.54 Å². The van der Waals surface area contributed by atoms with E-state index in [2.05, 4.69) is 10.6 Å². The average Bonchev–Trinajstić information content (AvgIpc) is 2.99. The van der Waals surface area contributed by atoms with Crippen LogP contribution in [0.5, 0.6) is 0 Å². The lowest BCUT2D eigenvalue weighted by Gasteiger charge is -2.18. The van der Waals surface area contributed by atoms with Gasteiger partial charge in [-0.25, -0.2) is 4.79 Å². The molecule has 3 amide bonds. The van der Waals surface area contributed by atoms with Gasteiger partial charge in [0.2, 0.25) is 5.91 Å². The number of urea groups is 1. The van der Waals surface area contributed by atoms with E-state index in [9.17, 15) is 9.59 Å². The Labute approximate surface area is 141 Å². The molecule has 1 aliphatic rings. The summed E-state index contributed by atoms with van der Waals surface area (Å²) in [7, 11) is 0. The lowest BCUT2D eigenvalue weighted by Crippen LogP contribution is -2.41. The molecule has 124 valence electrons. The number of nitrogens with zero attached hydrogens (tertiary/aromatic N) is 1. The normalized spacial score (nSPS) is 12.7. The average molecular weight is 323 g/mol. The molecule has 0 aromatic heterocycles. The Hall–Kier alpha value is -2.82. The van der Waals surface area contributed by atoms with Crippen LogP contribution in [-0.2, 0) is 11.2 Å². The smallest absolute Gasteiger partial charge is 0.319 e. The number of para-hydroxylation sites is 1. The second-order valence-electron chi connectivity index (χ2n) is 6.05. The number of carbonyl (C=O) groups excluding carboxylic acids is 2. The summed E-state index contributed by atoms with van der Waals surface area (Å²) in [6.07, 6.45) is 0.858. The Kier molecular flexibility index (Phi) is 4.51. The maximum absolute atomic E-state index is 12.4. The fourth-order valence-electron chi connectivity index (χ4n) is 2.97. The first-order valence-electron chi connectivity index (χ1n) is 8.05. The third-order valence-corrected chi connectivity index (χ3v) is 4.22. The second kappa shape index (κ2) is 6.74. The molecule has 1 heterocycles. The largest absolute Gasteiger partial charge is 0.329 e. The van der Waals surface area contributed by atoms with Gasteiger partial charge in [-0.05, 0) is 43.5 Å². The van der Waals surface area contributed by atoms with E-state index in [1.54, 1.807) is 4.90 Å². The van der Waals surface area contributed by atoms with Crippen molar-refractivity contribution in [1.29, 1.82) is 0 Å². The van der Waals surface area contributed by atoms with Gasteiger partial charge in [-0.3, -0.25) is 4.79 Å². The predicted molar refractivity (Wildman–Crippen MR) is 95.4 cm³/mol. The molecular formula is C19H21N3O2. The van der Waals surface area contributed by atoms with Gasteiger partial charge in [0.1, 0.15) is 0 Å². The van der Waals surface area contributed by atoms with Crippen molar-refractivity contribution < 1.29 is 9.59 Å². The Morgan fingerprint density at radius 3 is 2.71 bits per heavy atom. The minimum atomic E-state index is -0.372. The van der Waals surface area contributed by atoms with Crippen LogP contribution in [0.3, 0.4) is 0 Å². The maximum atomic E-state index is 12.4. The summed E-state index contributed by atoms with van der Waals surface area (Å²) in [5, 5.41) is 5.42. The van der Waals surface area contributed by atoms with Gasteiger partial charge in [0.25, 0.3) is 0 Å². The molecule has 2 aromatic carbocycles. The number of anilines is 2. The van der Waals surface area contributed by atoms with E-state index in [-0.39, 0.29) is 18.5 Å². The van der Waals surface area contributed by atoms with E-state index in [1.807, 2.05) is 56.3 Å². The molecule has 0 aliphatic carbocycles. The zero-order chi connectivity index (χ0) is 17.1. The Bertz CT molecular complexity index is 786. The van der Waals surface area contributed by atoms with Crippen molar-refractivity contribution >= 4 is 23.3 Å². The topological polar surface area (TPSA) is 61.4 Å². The Morgan fingerprint density at radius 2 is 1.92 bits per heavy atom. The summed E-state index contributed by atoms with van der Waals surface area (Å²) in [6, 6.07) is 13.3. The highest BCUT2D eigenvalue weighted by molar-refractivity contribution is 5.99. The number of hydrogen-bond acceptors (Lipinski definition) is 2. The Balaban J connectivity index is 1.56. The van der Waals surface area contributed by atoms with Crippen molar-refractivity contribution in [2.45, 2.75) is 20.3 Å². The second-order valence-corrected chi connectivity index (χ2v) is 6.05. The van der Waals surface area contributed by atoms with Gasteiger partial charge in [-0.15, -0.1) is 0 Å². The molecule has 2 N–H and O–H groups in total. The van der Waals surface area contributed by atoms with Crippen molar-refractivity contribution in [3.8, 4) is 0 Å². The molecule has 1 aliphatic heterocycles. The van der Waals surface area contributed by atoms with Crippen molar-refractivity contribution in [3.05, 3.63) is 59.2 Å². The first-order valence-corrected chi connectivity index (χ1v) is 8.05. The number of fused-ring (bicyclic) bond motifs is 1. The number of aryl methyl sites for hydroxylation is 2. The first kappa shape index (κ1) is 16.1. The number of rotatable bonds is 3. The molecule has 0 saturated carbocycles. The minimum Gasteiger partial charge on any atom is -0.329 e. The number of benzene rings is 2. The molecule has 0 spiro atoms. The SMILES string of the molecule is Cc1ccc(NC(=O)NCC(=O)N2CCc3ccccc32)c(C)c1. The lowest BCUT2D eigenvalue weighted by molar-refractivity contribution is -0.117. The molecule has 0 radical (unpaired) electrons. The zero-order valence-corrected chi connectivity index (χ0v) is 13.9. The summed E-state index contributed by atoms with van der Waals surface area (Å²) < 4.78 is 0. The minimum absolute atomic E-state index is 0.0227. The molecule has 2 aromatic rings. The highest BCUT2D eigenvalue weighted by atomic mass is 16.2. The predicted octanol–water partition coefficient (Wildman–Crippen LogP) is 3.01. The Morgan fingerprint density at radius 1 is 1.12 bits per heavy atom. The van der Waals surface area contributed by atoms with Crippen LogP contribution in [0.1, 0.15) is 16.7 Å². The molecule has 3 rings (SSSR count). The van der Waals surface area contributed by atoms with Gasteiger partial charge in [-0.1, -0.05) is 35.9 Å². The van der Waals surface area contributed by atoms with Gasteiger partial charge < -0.3 is 15.5 Å². The van der Waals surface area contributed by atoms with Crippen LogP contribution in [0, 0.1) is 13.8 Å². The highest BCUT2D eigenvalue weighted by Crippen LogP contribution is 2.27. The fourth-order valence-corrected chi connectivity index (χ4v) is 2.97. The summed E-state index contributed by atoms with van der Waals surface area (Å²) in [5.74, 6) is -0.101. The van der Waals surface area contributed by atoms with Gasteiger partial charge >= 0.3 is 6.03 Å². The number of carbonyl (C=O) groups is 2. The van der Waals surface area contributed by atoms with E-state index < -0.39 is 0 Å². The molecule has 0 fully saturated rings. The number of nitrogens with one attached hydrogen (secondary N) is 2. The van der Waals surface area contributed by atoms with Crippen LogP contribution < -0.4 is 15.5 Å². The van der Waals surface area contributed by atoms with Crippen molar-refractivity contribution in [2.24, 2.45) is 0 Å². The lowest BCUT2D eigenvalue weighted by atomic mass is 10.1. The van der Waals surface area contributed by atoms with Crippen LogP contribution in [0.25, 0.3) is 0 Å². The standard InChI is InChI=1S/C19H21N3O2/c1-13-7-8-16(14(2)11-13)21-19(24)20-12-18(23)22-10-9-15-5-3-4-6-17(15)22/h3-8,11H,9-10,12H2,1-2H3,(H2,20,21,24). The summed E-state index contributed by atoms with van der Waals surface area (Å²) in [4.78, 5) is 26.1. The number of hydrogen-bond donors (Lipinski definition) is 2. The monoisotopic (exact) mass is 323 g/mol. The first-order chi connectivity index (χ1) is 11.5. The van der Waals surface area contributed by atoms with Crippen molar-refractivity contribution in [2.75, 3.05) is 23.3 Å². The van der Waals surface area contributed by atoms with Crippen LogP contribution in [0.2, 0.25) is 0 Å². The third kappa shape index (κ3) is 3.40. The summed E-state index contributed by atoms with van der Waals surface area (Å²) in [6.45, 7) is 4.59. The van der Waals surface area contributed by atoms with E-state index in [4.69, 9.17) is 0 Å². The molecule has 0 bridgehead atoms. The molecule has 5 nitrogen and oxygen atoms in total. The highest BCUT2D eigenvalue weighted by Gasteiger charge is 2.24. The van der Waals surface area contributed by atoms with Crippen LogP contribution in [0.4, 0.5) is 16.2 Å². The quantitative estimate of drug-likeness (QED) is 0.912. The van der Waals surface area contributed by atoms with Crippen LogP contribution in [-0.4, -0.2) is 25.0 Å². The zero-order valence-electron chi connectivity index (χ0n) is 13.9.